The first-order chi connectivity index (χ1) is 8.85. The number of nitrogens with one attached hydrogen (secondary N) is 3. The van der Waals surface area contributed by atoms with Gasteiger partial charge in [0.15, 0.2) is 5.96 Å². The van der Waals surface area contributed by atoms with E-state index in [2.05, 4.69) is 31.7 Å². The number of rotatable bonds is 3. The van der Waals surface area contributed by atoms with Crippen LogP contribution in [0.25, 0.3) is 11.0 Å². The van der Waals surface area contributed by atoms with Crippen LogP contribution in [0.2, 0.25) is 0 Å². The fourth-order valence-electron chi connectivity index (χ4n) is 1.86. The van der Waals surface area contributed by atoms with Crippen LogP contribution in [-0.4, -0.2) is 29.0 Å². The molecule has 0 spiro atoms. The lowest BCUT2D eigenvalue weighted by Gasteiger charge is -2.10. The van der Waals surface area contributed by atoms with Gasteiger partial charge in [-0.1, -0.05) is 0 Å². The van der Waals surface area contributed by atoms with E-state index in [0.29, 0.717) is 12.6 Å². The summed E-state index contributed by atoms with van der Waals surface area (Å²) in [5.41, 5.74) is 1.93. The SMILES string of the molecule is CN=C(NCc1ccc2cc[nH]c2n1)NC1CC1. The molecule has 1 saturated carbocycles. The Morgan fingerprint density at radius 3 is 3.11 bits per heavy atom. The van der Waals surface area contributed by atoms with E-state index in [4.69, 9.17) is 0 Å². The van der Waals surface area contributed by atoms with Crippen molar-refractivity contribution in [2.45, 2.75) is 25.4 Å². The predicted molar refractivity (Wildman–Crippen MR) is 72.5 cm³/mol. The molecule has 0 bridgehead atoms. The Hall–Kier alpha value is -2.04. The second-order valence-corrected chi connectivity index (χ2v) is 4.56. The summed E-state index contributed by atoms with van der Waals surface area (Å²) in [6.07, 6.45) is 4.39. The van der Waals surface area contributed by atoms with Crippen molar-refractivity contribution < 1.29 is 0 Å². The number of pyridine rings is 1. The maximum atomic E-state index is 4.54. The largest absolute Gasteiger partial charge is 0.354 e. The molecule has 3 rings (SSSR count). The molecule has 94 valence electrons. The summed E-state index contributed by atoms with van der Waals surface area (Å²) in [5, 5.41) is 7.76. The summed E-state index contributed by atoms with van der Waals surface area (Å²) >= 11 is 0. The zero-order valence-corrected chi connectivity index (χ0v) is 10.4. The molecule has 0 amide bonds. The summed E-state index contributed by atoms with van der Waals surface area (Å²) in [5.74, 6) is 0.853. The number of hydrogen-bond acceptors (Lipinski definition) is 2. The number of aromatic amines is 1. The molecular formula is C13H17N5. The lowest BCUT2D eigenvalue weighted by molar-refractivity contribution is 0.793. The molecule has 3 N–H and O–H groups in total. The third-order valence-corrected chi connectivity index (χ3v) is 3.05. The molecule has 0 unspecified atom stereocenters. The Morgan fingerprint density at radius 1 is 1.44 bits per heavy atom. The zero-order chi connectivity index (χ0) is 12.4. The Kier molecular flexibility index (Phi) is 2.88. The van der Waals surface area contributed by atoms with Crippen LogP contribution in [0.5, 0.6) is 0 Å². The highest BCUT2D eigenvalue weighted by Gasteiger charge is 2.21. The molecule has 18 heavy (non-hydrogen) atoms. The van der Waals surface area contributed by atoms with Crippen molar-refractivity contribution in [3.8, 4) is 0 Å². The summed E-state index contributed by atoms with van der Waals surface area (Å²) in [4.78, 5) is 11.8. The number of guanidine groups is 1. The Labute approximate surface area is 106 Å². The molecule has 2 aromatic heterocycles. The summed E-state index contributed by atoms with van der Waals surface area (Å²) in [6.45, 7) is 0.682. The molecule has 1 fully saturated rings. The Morgan fingerprint density at radius 2 is 2.33 bits per heavy atom. The van der Waals surface area contributed by atoms with Gasteiger partial charge < -0.3 is 15.6 Å². The zero-order valence-electron chi connectivity index (χ0n) is 10.4. The van der Waals surface area contributed by atoms with Gasteiger partial charge in [0, 0.05) is 24.7 Å². The summed E-state index contributed by atoms with van der Waals surface area (Å²) in [7, 11) is 1.79. The van der Waals surface area contributed by atoms with E-state index in [0.717, 1.165) is 22.7 Å². The molecule has 1 aliphatic rings. The van der Waals surface area contributed by atoms with Crippen LogP contribution in [0.3, 0.4) is 0 Å². The lowest BCUT2D eigenvalue weighted by Crippen LogP contribution is -2.38. The van der Waals surface area contributed by atoms with Gasteiger partial charge in [-0.25, -0.2) is 4.98 Å². The fourth-order valence-corrected chi connectivity index (χ4v) is 1.86. The highest BCUT2D eigenvalue weighted by molar-refractivity contribution is 5.80. The first-order valence-electron chi connectivity index (χ1n) is 6.25. The number of H-pyrrole nitrogens is 1. The van der Waals surface area contributed by atoms with Gasteiger partial charge in [-0.05, 0) is 31.0 Å². The summed E-state index contributed by atoms with van der Waals surface area (Å²) in [6, 6.07) is 6.74. The third kappa shape index (κ3) is 2.45. The van der Waals surface area contributed by atoms with Gasteiger partial charge in [0.25, 0.3) is 0 Å². The van der Waals surface area contributed by atoms with E-state index < -0.39 is 0 Å². The number of hydrogen-bond donors (Lipinski definition) is 3. The quantitative estimate of drug-likeness (QED) is 0.564. The van der Waals surface area contributed by atoms with Gasteiger partial charge in [-0.3, -0.25) is 4.99 Å². The van der Waals surface area contributed by atoms with Crippen LogP contribution in [0.1, 0.15) is 18.5 Å². The van der Waals surface area contributed by atoms with Crippen molar-refractivity contribution in [2.24, 2.45) is 4.99 Å². The highest BCUT2D eigenvalue weighted by Crippen LogP contribution is 2.18. The maximum Gasteiger partial charge on any atom is 0.191 e. The van der Waals surface area contributed by atoms with E-state index in [1.54, 1.807) is 7.05 Å². The predicted octanol–water partition coefficient (Wildman–Crippen LogP) is 1.39. The van der Waals surface area contributed by atoms with E-state index in [-0.39, 0.29) is 0 Å². The van der Waals surface area contributed by atoms with E-state index >= 15 is 0 Å². The standard InChI is InChI=1S/C13H17N5/c1-14-13(18-10-4-5-10)16-8-11-3-2-9-6-7-15-12(9)17-11/h2-3,6-7,10H,4-5,8H2,1H3,(H,15,17)(H2,14,16,18). The number of nitrogens with zero attached hydrogens (tertiary/aromatic N) is 2. The topological polar surface area (TPSA) is 65.1 Å². The molecule has 5 heteroatoms. The number of aromatic nitrogens is 2. The molecular weight excluding hydrogens is 226 g/mol. The van der Waals surface area contributed by atoms with Crippen LogP contribution in [0.15, 0.2) is 29.4 Å². The monoisotopic (exact) mass is 243 g/mol. The Bertz CT molecular complexity index is 568. The highest BCUT2D eigenvalue weighted by atomic mass is 15.2. The van der Waals surface area contributed by atoms with Crippen molar-refractivity contribution in [2.75, 3.05) is 7.05 Å². The van der Waals surface area contributed by atoms with E-state index in [1.807, 2.05) is 18.3 Å². The molecule has 0 aromatic carbocycles. The first-order valence-corrected chi connectivity index (χ1v) is 6.25. The average molecular weight is 243 g/mol. The molecule has 2 heterocycles. The molecule has 0 aliphatic heterocycles. The maximum absolute atomic E-state index is 4.54. The smallest absolute Gasteiger partial charge is 0.191 e. The van der Waals surface area contributed by atoms with Gasteiger partial charge in [-0.2, -0.15) is 0 Å². The van der Waals surface area contributed by atoms with Gasteiger partial charge in [0.05, 0.1) is 12.2 Å². The normalized spacial score (nSPS) is 15.9. The number of fused-ring (bicyclic) bond motifs is 1. The van der Waals surface area contributed by atoms with Crippen molar-refractivity contribution >= 4 is 17.0 Å². The molecule has 2 aromatic rings. The summed E-state index contributed by atoms with van der Waals surface area (Å²) < 4.78 is 0. The third-order valence-electron chi connectivity index (χ3n) is 3.05. The second-order valence-electron chi connectivity index (χ2n) is 4.56. The van der Waals surface area contributed by atoms with Crippen molar-refractivity contribution in [1.82, 2.24) is 20.6 Å². The average Bonchev–Trinajstić information content (AvgIpc) is 3.09. The van der Waals surface area contributed by atoms with Gasteiger partial charge >= 0.3 is 0 Å². The van der Waals surface area contributed by atoms with Gasteiger partial charge in [0.1, 0.15) is 5.65 Å². The molecule has 0 saturated heterocycles. The lowest BCUT2D eigenvalue weighted by atomic mass is 10.3. The van der Waals surface area contributed by atoms with Crippen LogP contribution in [0, 0.1) is 0 Å². The number of aliphatic imine (C=N–C) groups is 1. The van der Waals surface area contributed by atoms with Crippen molar-refractivity contribution in [3.63, 3.8) is 0 Å². The van der Waals surface area contributed by atoms with Crippen LogP contribution in [-0.2, 0) is 6.54 Å². The minimum absolute atomic E-state index is 0.607. The van der Waals surface area contributed by atoms with Crippen molar-refractivity contribution in [1.29, 1.82) is 0 Å². The van der Waals surface area contributed by atoms with E-state index in [1.165, 1.54) is 12.8 Å². The minimum atomic E-state index is 0.607. The molecule has 5 nitrogen and oxygen atoms in total. The molecule has 1 aliphatic carbocycles. The second kappa shape index (κ2) is 4.68. The fraction of sp³-hybridized carbons (Fsp3) is 0.385. The Balaban J connectivity index is 1.64. The van der Waals surface area contributed by atoms with E-state index in [9.17, 15) is 0 Å². The van der Waals surface area contributed by atoms with Crippen LogP contribution in [0.4, 0.5) is 0 Å². The molecule has 0 radical (unpaired) electrons. The van der Waals surface area contributed by atoms with Crippen LogP contribution < -0.4 is 10.6 Å². The molecule has 0 atom stereocenters. The van der Waals surface area contributed by atoms with Crippen molar-refractivity contribution in [3.05, 3.63) is 30.1 Å². The minimum Gasteiger partial charge on any atom is -0.354 e. The first kappa shape index (κ1) is 11.1. The van der Waals surface area contributed by atoms with Crippen LogP contribution >= 0.6 is 0 Å². The van der Waals surface area contributed by atoms with Gasteiger partial charge in [0.2, 0.25) is 0 Å². The van der Waals surface area contributed by atoms with Gasteiger partial charge in [-0.15, -0.1) is 0 Å².